The molecule has 2 aromatic heterocycles. The zero-order chi connectivity index (χ0) is 22.9. The fourth-order valence-electron chi connectivity index (χ4n) is 3.08. The molecule has 2 N–H and O–H groups in total. The summed E-state index contributed by atoms with van der Waals surface area (Å²) in [5.74, 6) is -0.358. The van der Waals surface area contributed by atoms with Gasteiger partial charge in [0.1, 0.15) is 5.65 Å². The normalized spacial score (nSPS) is 11.4. The molecule has 6 nitrogen and oxygen atoms in total. The number of nitrogens with zero attached hydrogens (tertiary/aromatic N) is 2. The van der Waals surface area contributed by atoms with Crippen molar-refractivity contribution in [2.45, 2.75) is 6.18 Å². The molecule has 0 unspecified atom stereocenters. The Kier molecular flexibility index (Phi) is 5.58. The Morgan fingerprint density at radius 1 is 0.969 bits per heavy atom. The van der Waals surface area contributed by atoms with E-state index in [1.165, 1.54) is 16.7 Å². The van der Waals surface area contributed by atoms with E-state index in [2.05, 4.69) is 15.6 Å². The molecule has 4 aromatic rings. The summed E-state index contributed by atoms with van der Waals surface area (Å²) >= 11 is 5.90. The van der Waals surface area contributed by atoms with Crippen molar-refractivity contribution < 1.29 is 22.8 Å². The molecule has 0 aliphatic heterocycles. The summed E-state index contributed by atoms with van der Waals surface area (Å²) in [6, 6.07) is 13.3. The van der Waals surface area contributed by atoms with Crippen LogP contribution in [0.25, 0.3) is 11.0 Å². The van der Waals surface area contributed by atoms with Crippen LogP contribution in [0, 0.1) is 0 Å². The maximum Gasteiger partial charge on any atom is 0.416 e. The number of fused-ring (bicyclic) bond motifs is 1. The van der Waals surface area contributed by atoms with Crippen LogP contribution in [0.5, 0.6) is 0 Å². The van der Waals surface area contributed by atoms with Gasteiger partial charge >= 0.3 is 12.2 Å². The third-order valence-electron chi connectivity index (χ3n) is 4.58. The highest BCUT2D eigenvalue weighted by molar-refractivity contribution is 6.33. The molecule has 0 saturated heterocycles. The van der Waals surface area contributed by atoms with Gasteiger partial charge in [-0.25, -0.2) is 9.78 Å². The van der Waals surface area contributed by atoms with E-state index in [1.807, 2.05) is 6.07 Å². The molecule has 0 radical (unpaired) electrons. The van der Waals surface area contributed by atoms with E-state index in [-0.39, 0.29) is 27.9 Å². The zero-order valence-corrected chi connectivity index (χ0v) is 16.9. The number of rotatable bonds is 3. The van der Waals surface area contributed by atoms with Crippen molar-refractivity contribution in [1.29, 1.82) is 0 Å². The molecule has 0 fully saturated rings. The maximum atomic E-state index is 12.9. The van der Waals surface area contributed by atoms with E-state index in [0.717, 1.165) is 23.6 Å². The number of carbonyl (C=O) groups is 2. The molecule has 0 spiro atoms. The highest BCUT2D eigenvalue weighted by atomic mass is 35.5. The average Bonchev–Trinajstić information content (AvgIpc) is 3.18. The predicted octanol–water partition coefficient (Wildman–Crippen LogP) is 6.04. The van der Waals surface area contributed by atoms with Crippen molar-refractivity contribution in [1.82, 2.24) is 9.55 Å². The van der Waals surface area contributed by atoms with Crippen molar-refractivity contribution in [3.05, 3.63) is 89.2 Å². The first-order chi connectivity index (χ1) is 15.2. The molecular weight excluding hydrogens is 445 g/mol. The monoisotopic (exact) mass is 458 g/mol. The topological polar surface area (TPSA) is 76.0 Å². The molecule has 10 heteroatoms. The third kappa shape index (κ3) is 4.42. The fraction of sp³-hybridized carbons (Fsp3) is 0.0455. The minimum absolute atomic E-state index is 0.0518. The number of hydrogen-bond acceptors (Lipinski definition) is 3. The first-order valence-corrected chi connectivity index (χ1v) is 9.62. The number of urea groups is 1. The summed E-state index contributed by atoms with van der Waals surface area (Å²) in [6.07, 6.45) is -1.40. The van der Waals surface area contributed by atoms with Crippen LogP contribution in [-0.2, 0) is 6.18 Å². The summed E-state index contributed by atoms with van der Waals surface area (Å²) in [7, 11) is 0. The van der Waals surface area contributed by atoms with Crippen LogP contribution in [0.3, 0.4) is 0 Å². The Morgan fingerprint density at radius 3 is 2.56 bits per heavy atom. The van der Waals surface area contributed by atoms with Gasteiger partial charge in [0.15, 0.2) is 0 Å². The molecule has 162 valence electrons. The van der Waals surface area contributed by atoms with Crippen LogP contribution in [0.15, 0.2) is 73.1 Å². The quantitative estimate of drug-likeness (QED) is 0.393. The van der Waals surface area contributed by atoms with Gasteiger partial charge in [0.25, 0.3) is 5.91 Å². The number of pyridine rings is 1. The van der Waals surface area contributed by atoms with Crippen LogP contribution in [0.4, 0.5) is 29.3 Å². The number of halogens is 4. The number of alkyl halides is 3. The number of anilines is 2. The van der Waals surface area contributed by atoms with Crippen LogP contribution >= 0.6 is 11.6 Å². The van der Waals surface area contributed by atoms with Crippen LogP contribution < -0.4 is 10.6 Å². The molecule has 2 heterocycles. The predicted molar refractivity (Wildman–Crippen MR) is 115 cm³/mol. The van der Waals surface area contributed by atoms with Crippen molar-refractivity contribution >= 4 is 45.9 Å². The number of carbonyl (C=O) groups excluding carboxylic acids is 2. The highest BCUT2D eigenvalue weighted by Crippen LogP contribution is 2.33. The van der Waals surface area contributed by atoms with Gasteiger partial charge in [-0.3, -0.25) is 9.36 Å². The van der Waals surface area contributed by atoms with E-state index >= 15 is 0 Å². The van der Waals surface area contributed by atoms with E-state index < -0.39 is 17.8 Å². The molecule has 0 aliphatic carbocycles. The Hall–Kier alpha value is -3.85. The molecule has 2 aromatic carbocycles. The largest absolute Gasteiger partial charge is 0.416 e. The minimum Gasteiger partial charge on any atom is -0.308 e. The van der Waals surface area contributed by atoms with Crippen molar-refractivity contribution in [3.63, 3.8) is 0 Å². The molecule has 0 aliphatic rings. The lowest BCUT2D eigenvalue weighted by Gasteiger charge is -2.13. The highest BCUT2D eigenvalue weighted by Gasteiger charge is 2.31. The molecule has 0 bridgehead atoms. The first kappa shape index (κ1) is 21.4. The van der Waals surface area contributed by atoms with Crippen LogP contribution in [0.1, 0.15) is 15.9 Å². The van der Waals surface area contributed by atoms with Crippen LogP contribution in [-0.4, -0.2) is 21.5 Å². The second-order valence-electron chi connectivity index (χ2n) is 6.76. The molecule has 4 rings (SSSR count). The molecule has 0 atom stereocenters. The summed E-state index contributed by atoms with van der Waals surface area (Å²) in [6.45, 7) is 0. The van der Waals surface area contributed by atoms with E-state index in [4.69, 9.17) is 11.6 Å². The lowest BCUT2D eigenvalue weighted by molar-refractivity contribution is -0.137. The van der Waals surface area contributed by atoms with Crippen molar-refractivity contribution in [3.8, 4) is 0 Å². The summed E-state index contributed by atoms with van der Waals surface area (Å²) in [5, 5.41) is 5.52. The minimum atomic E-state index is -4.58. The standard InChI is InChI=1S/C22H14ClF3N4O2/c23-17-7-6-15(22(24,25)26)12-18(17)29-21(32)28-16-5-1-3-14(11-16)20(31)30-10-8-13-4-2-9-27-19(13)30/h1-12H,(H2,28,29,32). The van der Waals surface area contributed by atoms with E-state index in [0.29, 0.717) is 5.65 Å². The summed E-state index contributed by atoms with van der Waals surface area (Å²) in [5.41, 5.74) is -0.106. The van der Waals surface area contributed by atoms with Gasteiger partial charge in [-0.05, 0) is 54.6 Å². The first-order valence-electron chi connectivity index (χ1n) is 9.24. The lowest BCUT2D eigenvalue weighted by atomic mass is 10.2. The van der Waals surface area contributed by atoms with Crippen LogP contribution in [0.2, 0.25) is 5.02 Å². The Morgan fingerprint density at radius 2 is 1.78 bits per heavy atom. The molecule has 2 amide bonds. The van der Waals surface area contributed by atoms with E-state index in [1.54, 1.807) is 36.7 Å². The fourth-order valence-corrected chi connectivity index (χ4v) is 3.25. The van der Waals surface area contributed by atoms with Gasteiger partial charge in [-0.15, -0.1) is 0 Å². The van der Waals surface area contributed by atoms with Gasteiger partial charge in [-0.1, -0.05) is 17.7 Å². The second-order valence-corrected chi connectivity index (χ2v) is 7.17. The number of benzene rings is 2. The zero-order valence-electron chi connectivity index (χ0n) is 16.2. The number of nitrogens with one attached hydrogen (secondary N) is 2. The van der Waals surface area contributed by atoms with Gasteiger partial charge in [0.05, 0.1) is 16.3 Å². The van der Waals surface area contributed by atoms with E-state index in [9.17, 15) is 22.8 Å². The van der Waals surface area contributed by atoms with Gasteiger partial charge in [-0.2, -0.15) is 13.2 Å². The van der Waals surface area contributed by atoms with Crippen molar-refractivity contribution in [2.75, 3.05) is 10.6 Å². The second kappa shape index (κ2) is 8.35. The number of hydrogen-bond donors (Lipinski definition) is 2. The molecule has 0 saturated carbocycles. The Balaban J connectivity index is 1.52. The maximum absolute atomic E-state index is 12.9. The van der Waals surface area contributed by atoms with Crippen molar-refractivity contribution in [2.24, 2.45) is 0 Å². The Bertz CT molecular complexity index is 1330. The smallest absolute Gasteiger partial charge is 0.308 e. The summed E-state index contributed by atoms with van der Waals surface area (Å²) < 4.78 is 40.1. The van der Waals surface area contributed by atoms with Gasteiger partial charge < -0.3 is 10.6 Å². The Labute approximate surface area is 184 Å². The number of amides is 2. The molecular formula is C22H14ClF3N4O2. The van der Waals surface area contributed by atoms with Gasteiger partial charge in [0, 0.05) is 29.0 Å². The SMILES string of the molecule is O=C(Nc1cccc(C(=O)n2ccc3cccnc32)c1)Nc1cc(C(F)(F)F)ccc1Cl. The lowest BCUT2D eigenvalue weighted by Crippen LogP contribution is -2.20. The molecule has 32 heavy (non-hydrogen) atoms. The average molecular weight is 459 g/mol. The third-order valence-corrected chi connectivity index (χ3v) is 4.91. The number of aromatic nitrogens is 2. The van der Waals surface area contributed by atoms with Gasteiger partial charge in [0.2, 0.25) is 0 Å². The summed E-state index contributed by atoms with van der Waals surface area (Å²) in [4.78, 5) is 29.4.